The second-order valence-electron chi connectivity index (χ2n) is 5.56. The van der Waals surface area contributed by atoms with Crippen LogP contribution in [0.4, 0.5) is 4.79 Å². The van der Waals surface area contributed by atoms with E-state index >= 15 is 0 Å². The Morgan fingerprint density at radius 1 is 1.44 bits per heavy atom. The third-order valence-electron chi connectivity index (χ3n) is 4.43. The lowest BCUT2D eigenvalue weighted by Crippen LogP contribution is -2.46. The number of nitrogens with zero attached hydrogens (tertiary/aromatic N) is 1. The fraction of sp³-hybridized carbons (Fsp3) is 0.917. The second-order valence-corrected chi connectivity index (χ2v) is 5.56. The fourth-order valence-corrected chi connectivity index (χ4v) is 3.21. The zero-order chi connectivity index (χ0) is 11.7. The van der Waals surface area contributed by atoms with Crippen molar-refractivity contribution in [1.29, 1.82) is 0 Å². The van der Waals surface area contributed by atoms with Gasteiger partial charge in [0.05, 0.1) is 13.2 Å². The van der Waals surface area contributed by atoms with E-state index in [1.54, 1.807) is 0 Å². The number of nitrogens with one attached hydrogen (secondary N) is 2. The summed E-state index contributed by atoms with van der Waals surface area (Å²) in [6.07, 6.45) is 2.29. The van der Waals surface area contributed by atoms with Crippen molar-refractivity contribution in [2.75, 3.05) is 45.9 Å². The Hall–Kier alpha value is -0.520. The van der Waals surface area contributed by atoms with E-state index < -0.39 is 0 Å². The molecule has 0 aromatic carbocycles. The topological polar surface area (TPSA) is 53.6 Å². The molecule has 18 heavy (non-hydrogen) atoms. The molecule has 5 nitrogen and oxygen atoms in total. The first kappa shape index (κ1) is 13.9. The van der Waals surface area contributed by atoms with Crippen LogP contribution in [0.3, 0.4) is 0 Å². The first-order chi connectivity index (χ1) is 8.30. The van der Waals surface area contributed by atoms with Crippen LogP contribution >= 0.6 is 12.4 Å². The number of ether oxygens (including phenoxy) is 1. The summed E-state index contributed by atoms with van der Waals surface area (Å²) in [6.45, 7) is 6.20. The lowest BCUT2D eigenvalue weighted by Gasteiger charge is -2.28. The van der Waals surface area contributed by atoms with Crippen molar-refractivity contribution in [2.45, 2.75) is 12.8 Å². The molecule has 0 saturated carbocycles. The Kier molecular flexibility index (Phi) is 4.35. The lowest BCUT2D eigenvalue weighted by molar-refractivity contribution is 0.149. The summed E-state index contributed by atoms with van der Waals surface area (Å²) in [6, 6.07) is 0.106. The third kappa shape index (κ3) is 2.44. The highest BCUT2D eigenvalue weighted by atomic mass is 35.5. The van der Waals surface area contributed by atoms with Gasteiger partial charge in [0, 0.05) is 44.1 Å². The first-order valence-electron chi connectivity index (χ1n) is 6.61. The molecule has 3 aliphatic heterocycles. The number of fused-ring (bicyclic) bond motifs is 1. The molecule has 2 atom stereocenters. The molecule has 2 N–H and O–H groups in total. The quantitative estimate of drug-likeness (QED) is 0.769. The SMILES string of the molecule is Cl.O=C(NC[C@@]12CNC[C@@H]1COC2)N1CCCC1. The molecule has 0 aromatic rings. The molecule has 3 fully saturated rings. The maximum atomic E-state index is 11.9. The van der Waals surface area contributed by atoms with Gasteiger partial charge in [-0.15, -0.1) is 12.4 Å². The largest absolute Gasteiger partial charge is 0.380 e. The van der Waals surface area contributed by atoms with Gasteiger partial charge in [0.15, 0.2) is 0 Å². The molecule has 104 valence electrons. The number of hydrogen-bond acceptors (Lipinski definition) is 3. The van der Waals surface area contributed by atoms with Crippen LogP contribution in [0.5, 0.6) is 0 Å². The van der Waals surface area contributed by atoms with Gasteiger partial charge in [0.2, 0.25) is 0 Å². The number of halogens is 1. The van der Waals surface area contributed by atoms with Crippen molar-refractivity contribution < 1.29 is 9.53 Å². The smallest absolute Gasteiger partial charge is 0.317 e. The number of rotatable bonds is 2. The molecule has 6 heteroatoms. The Balaban J connectivity index is 0.00000120. The van der Waals surface area contributed by atoms with Gasteiger partial charge in [-0.05, 0) is 12.8 Å². The van der Waals surface area contributed by atoms with Gasteiger partial charge in [0.1, 0.15) is 0 Å². The molecule has 3 aliphatic rings. The van der Waals surface area contributed by atoms with Gasteiger partial charge in [-0.1, -0.05) is 0 Å². The minimum Gasteiger partial charge on any atom is -0.380 e. The summed E-state index contributed by atoms with van der Waals surface area (Å²) in [5, 5.41) is 6.51. The molecular formula is C12H22ClN3O2. The van der Waals surface area contributed by atoms with Crippen LogP contribution in [-0.2, 0) is 4.74 Å². The van der Waals surface area contributed by atoms with Crippen molar-refractivity contribution in [3.05, 3.63) is 0 Å². The molecule has 3 heterocycles. The van der Waals surface area contributed by atoms with E-state index in [0.717, 1.165) is 58.8 Å². The van der Waals surface area contributed by atoms with Crippen molar-refractivity contribution in [3.63, 3.8) is 0 Å². The number of carbonyl (C=O) groups excluding carboxylic acids is 1. The Morgan fingerprint density at radius 3 is 3.00 bits per heavy atom. The lowest BCUT2D eigenvalue weighted by atomic mass is 9.81. The average molecular weight is 276 g/mol. The van der Waals surface area contributed by atoms with Gasteiger partial charge in [-0.3, -0.25) is 0 Å². The molecule has 0 radical (unpaired) electrons. The zero-order valence-electron chi connectivity index (χ0n) is 10.6. The molecule has 0 spiro atoms. The highest BCUT2D eigenvalue weighted by Gasteiger charge is 2.47. The summed E-state index contributed by atoms with van der Waals surface area (Å²) in [7, 11) is 0. The third-order valence-corrected chi connectivity index (χ3v) is 4.43. The van der Waals surface area contributed by atoms with Crippen LogP contribution in [0, 0.1) is 11.3 Å². The molecule has 0 unspecified atom stereocenters. The summed E-state index contributed by atoms with van der Waals surface area (Å²) >= 11 is 0. The van der Waals surface area contributed by atoms with Crippen molar-refractivity contribution in [1.82, 2.24) is 15.5 Å². The van der Waals surface area contributed by atoms with E-state index in [0.29, 0.717) is 5.92 Å². The maximum absolute atomic E-state index is 11.9. The molecule has 3 saturated heterocycles. The van der Waals surface area contributed by atoms with Crippen LogP contribution in [0.15, 0.2) is 0 Å². The predicted molar refractivity (Wildman–Crippen MR) is 71.1 cm³/mol. The highest BCUT2D eigenvalue weighted by molar-refractivity contribution is 5.85. The number of amides is 2. The summed E-state index contributed by atoms with van der Waals surface area (Å²) < 4.78 is 5.57. The first-order valence-corrected chi connectivity index (χ1v) is 6.61. The molecule has 2 amide bonds. The Bertz CT molecular complexity index is 298. The van der Waals surface area contributed by atoms with Crippen molar-refractivity contribution >= 4 is 18.4 Å². The number of likely N-dealkylation sites (tertiary alicyclic amines) is 1. The normalized spacial score (nSPS) is 34.2. The molecule has 3 rings (SSSR count). The van der Waals surface area contributed by atoms with Crippen LogP contribution in [-0.4, -0.2) is 56.9 Å². The van der Waals surface area contributed by atoms with Crippen LogP contribution < -0.4 is 10.6 Å². The van der Waals surface area contributed by atoms with E-state index in [9.17, 15) is 4.79 Å². The highest BCUT2D eigenvalue weighted by Crippen LogP contribution is 2.36. The van der Waals surface area contributed by atoms with Gasteiger partial charge >= 0.3 is 6.03 Å². The fourth-order valence-electron chi connectivity index (χ4n) is 3.21. The second kappa shape index (κ2) is 5.63. The van der Waals surface area contributed by atoms with E-state index in [4.69, 9.17) is 4.74 Å². The van der Waals surface area contributed by atoms with Crippen molar-refractivity contribution in [3.8, 4) is 0 Å². The van der Waals surface area contributed by atoms with Crippen LogP contribution in [0.25, 0.3) is 0 Å². The monoisotopic (exact) mass is 275 g/mol. The van der Waals surface area contributed by atoms with E-state index in [1.807, 2.05) is 4.90 Å². The predicted octanol–water partition coefficient (Wildman–Crippen LogP) is 0.450. The van der Waals surface area contributed by atoms with Gasteiger partial charge in [-0.2, -0.15) is 0 Å². The molecular weight excluding hydrogens is 254 g/mol. The van der Waals surface area contributed by atoms with Gasteiger partial charge in [-0.25, -0.2) is 4.79 Å². The average Bonchev–Trinajstić information content (AvgIpc) is 3.01. The summed E-state index contributed by atoms with van der Waals surface area (Å²) in [5.41, 5.74) is 0.148. The number of hydrogen-bond donors (Lipinski definition) is 2. The van der Waals surface area contributed by atoms with Gasteiger partial charge in [0.25, 0.3) is 0 Å². The number of carbonyl (C=O) groups is 1. The maximum Gasteiger partial charge on any atom is 0.317 e. The van der Waals surface area contributed by atoms with E-state index in [1.165, 1.54) is 0 Å². The van der Waals surface area contributed by atoms with E-state index in [2.05, 4.69) is 10.6 Å². The van der Waals surface area contributed by atoms with Crippen LogP contribution in [0.2, 0.25) is 0 Å². The van der Waals surface area contributed by atoms with E-state index in [-0.39, 0.29) is 23.9 Å². The summed E-state index contributed by atoms with van der Waals surface area (Å²) in [5.74, 6) is 0.571. The van der Waals surface area contributed by atoms with Crippen LogP contribution in [0.1, 0.15) is 12.8 Å². The summed E-state index contributed by atoms with van der Waals surface area (Å²) in [4.78, 5) is 13.9. The van der Waals surface area contributed by atoms with Gasteiger partial charge < -0.3 is 20.3 Å². The molecule has 0 aliphatic carbocycles. The standard InChI is InChI=1S/C12H21N3O2.ClH/c16-11(15-3-1-2-4-15)14-8-12-7-13-5-10(12)6-17-9-12;/h10,13H,1-9H2,(H,14,16);1H/t10-,12-;/m1./s1. The zero-order valence-corrected chi connectivity index (χ0v) is 11.4. The number of urea groups is 1. The Labute approximate surface area is 114 Å². The Morgan fingerprint density at radius 2 is 2.22 bits per heavy atom. The minimum absolute atomic E-state index is 0. The van der Waals surface area contributed by atoms with Crippen molar-refractivity contribution in [2.24, 2.45) is 11.3 Å². The minimum atomic E-state index is 0. The molecule has 0 aromatic heterocycles. The molecule has 0 bridgehead atoms.